The van der Waals surface area contributed by atoms with Crippen molar-refractivity contribution in [3.63, 3.8) is 0 Å². The zero-order valence-electron chi connectivity index (χ0n) is 9.32. The molecule has 0 bridgehead atoms. The largest absolute Gasteiger partial charge is 0.506 e. The van der Waals surface area contributed by atoms with Gasteiger partial charge in [0.05, 0.1) is 5.69 Å². The topological polar surface area (TPSA) is 85.4 Å². The van der Waals surface area contributed by atoms with Gasteiger partial charge in [-0.2, -0.15) is 0 Å². The number of phenols is 1. The molecule has 86 valence electrons. The Morgan fingerprint density at radius 2 is 1.53 bits per heavy atom. The van der Waals surface area contributed by atoms with Crippen LogP contribution in [0.5, 0.6) is 5.75 Å². The standard InChI is InChI=1S/C13H12N2O2/c1-6-2-3-7-8-4-5-9(16)11(15)13(8)17-12(7)10(6)14/h2-5,16H,14-15H2,1H3. The number of benzene rings is 2. The third-order valence-corrected chi connectivity index (χ3v) is 3.08. The molecule has 0 radical (unpaired) electrons. The number of aryl methyl sites for hydroxylation is 1. The summed E-state index contributed by atoms with van der Waals surface area (Å²) in [5.74, 6) is 0.0202. The lowest BCUT2D eigenvalue weighted by Gasteiger charge is -1.98. The average Bonchev–Trinajstić information content (AvgIpc) is 2.69. The first-order valence-electron chi connectivity index (χ1n) is 5.28. The number of nitrogens with two attached hydrogens (primary N) is 2. The van der Waals surface area contributed by atoms with E-state index in [1.54, 1.807) is 12.1 Å². The first kappa shape index (κ1) is 9.84. The van der Waals surface area contributed by atoms with E-state index in [9.17, 15) is 5.11 Å². The number of nitrogen functional groups attached to an aromatic ring is 2. The minimum Gasteiger partial charge on any atom is -0.506 e. The summed E-state index contributed by atoms with van der Waals surface area (Å²) in [7, 11) is 0. The van der Waals surface area contributed by atoms with Gasteiger partial charge in [-0.05, 0) is 24.6 Å². The molecule has 0 saturated carbocycles. The number of hydrogen-bond acceptors (Lipinski definition) is 4. The second-order valence-corrected chi connectivity index (χ2v) is 4.15. The van der Waals surface area contributed by atoms with Crippen molar-refractivity contribution in [2.45, 2.75) is 6.92 Å². The maximum absolute atomic E-state index is 9.55. The lowest BCUT2D eigenvalue weighted by molar-refractivity contribution is 0.477. The fraction of sp³-hybridized carbons (Fsp3) is 0.0769. The molecule has 5 N–H and O–H groups in total. The highest BCUT2D eigenvalue weighted by atomic mass is 16.3. The first-order valence-corrected chi connectivity index (χ1v) is 5.28. The van der Waals surface area contributed by atoms with Gasteiger partial charge >= 0.3 is 0 Å². The Kier molecular flexibility index (Phi) is 1.78. The third kappa shape index (κ3) is 1.18. The number of phenolic OH excluding ortho intramolecular Hbond substituents is 1. The highest BCUT2D eigenvalue weighted by molar-refractivity contribution is 6.12. The summed E-state index contributed by atoms with van der Waals surface area (Å²) < 4.78 is 5.67. The van der Waals surface area contributed by atoms with Gasteiger partial charge in [0.2, 0.25) is 0 Å². The van der Waals surface area contributed by atoms with Gasteiger partial charge in [0.15, 0.2) is 11.2 Å². The second kappa shape index (κ2) is 3.07. The summed E-state index contributed by atoms with van der Waals surface area (Å²) in [6.07, 6.45) is 0. The van der Waals surface area contributed by atoms with Gasteiger partial charge < -0.3 is 21.0 Å². The summed E-state index contributed by atoms with van der Waals surface area (Å²) in [4.78, 5) is 0. The van der Waals surface area contributed by atoms with Gasteiger partial charge in [-0.1, -0.05) is 12.1 Å². The van der Waals surface area contributed by atoms with E-state index < -0.39 is 0 Å². The Hall–Kier alpha value is -2.36. The average molecular weight is 228 g/mol. The number of anilines is 2. The van der Waals surface area contributed by atoms with Crippen LogP contribution in [0.4, 0.5) is 11.4 Å². The van der Waals surface area contributed by atoms with Crippen molar-refractivity contribution in [1.29, 1.82) is 0 Å². The Labute approximate surface area is 97.4 Å². The zero-order valence-corrected chi connectivity index (χ0v) is 9.32. The fourth-order valence-corrected chi connectivity index (χ4v) is 2.03. The maximum atomic E-state index is 9.55. The molecule has 0 atom stereocenters. The highest BCUT2D eigenvalue weighted by Gasteiger charge is 2.14. The van der Waals surface area contributed by atoms with E-state index in [-0.39, 0.29) is 11.4 Å². The quantitative estimate of drug-likeness (QED) is 0.408. The molecule has 4 heteroatoms. The van der Waals surface area contributed by atoms with Crippen LogP contribution >= 0.6 is 0 Å². The second-order valence-electron chi connectivity index (χ2n) is 4.15. The van der Waals surface area contributed by atoms with E-state index in [2.05, 4.69) is 0 Å². The molecule has 0 unspecified atom stereocenters. The number of aromatic hydroxyl groups is 1. The Morgan fingerprint density at radius 3 is 2.24 bits per heavy atom. The summed E-state index contributed by atoms with van der Waals surface area (Å²) in [6, 6.07) is 7.23. The lowest BCUT2D eigenvalue weighted by Crippen LogP contribution is -1.88. The molecule has 0 aliphatic carbocycles. The van der Waals surface area contributed by atoms with E-state index >= 15 is 0 Å². The van der Waals surface area contributed by atoms with Gasteiger partial charge in [-0.25, -0.2) is 0 Å². The molecule has 4 nitrogen and oxygen atoms in total. The Morgan fingerprint density at radius 1 is 0.941 bits per heavy atom. The molecule has 0 amide bonds. The van der Waals surface area contributed by atoms with Crippen LogP contribution in [-0.4, -0.2) is 5.11 Å². The van der Waals surface area contributed by atoms with Crippen LogP contribution in [-0.2, 0) is 0 Å². The maximum Gasteiger partial charge on any atom is 0.162 e. The molecule has 1 aromatic heterocycles. The monoisotopic (exact) mass is 228 g/mol. The predicted molar refractivity (Wildman–Crippen MR) is 68.9 cm³/mol. The minimum atomic E-state index is 0.0202. The van der Waals surface area contributed by atoms with Crippen molar-refractivity contribution in [2.75, 3.05) is 11.5 Å². The van der Waals surface area contributed by atoms with Gasteiger partial charge in [-0.15, -0.1) is 0 Å². The number of hydrogen-bond donors (Lipinski definition) is 3. The van der Waals surface area contributed by atoms with Crippen LogP contribution in [0.3, 0.4) is 0 Å². The van der Waals surface area contributed by atoms with E-state index in [1.165, 1.54) is 0 Å². The van der Waals surface area contributed by atoms with Gasteiger partial charge in [-0.3, -0.25) is 0 Å². The molecular weight excluding hydrogens is 216 g/mol. The summed E-state index contributed by atoms with van der Waals surface area (Å²) >= 11 is 0. The van der Waals surface area contributed by atoms with Crippen molar-refractivity contribution in [3.8, 4) is 5.75 Å². The number of furan rings is 1. The molecule has 0 fully saturated rings. The van der Waals surface area contributed by atoms with Crippen LogP contribution in [0, 0.1) is 6.92 Å². The molecule has 0 spiro atoms. The Bertz CT molecular complexity index is 682. The molecule has 0 aliphatic heterocycles. The smallest absolute Gasteiger partial charge is 0.162 e. The molecule has 17 heavy (non-hydrogen) atoms. The summed E-state index contributed by atoms with van der Waals surface area (Å²) in [5.41, 5.74) is 14.7. The van der Waals surface area contributed by atoms with Gasteiger partial charge in [0.25, 0.3) is 0 Å². The molecule has 0 saturated heterocycles. The van der Waals surface area contributed by atoms with Crippen molar-refractivity contribution < 1.29 is 9.52 Å². The molecular formula is C13H12N2O2. The number of fused-ring (bicyclic) bond motifs is 3. The third-order valence-electron chi connectivity index (χ3n) is 3.08. The van der Waals surface area contributed by atoms with Gasteiger partial charge in [0, 0.05) is 10.8 Å². The van der Waals surface area contributed by atoms with E-state index in [0.29, 0.717) is 16.9 Å². The normalized spacial score (nSPS) is 11.4. The van der Waals surface area contributed by atoms with Crippen molar-refractivity contribution in [1.82, 2.24) is 0 Å². The van der Waals surface area contributed by atoms with E-state index in [4.69, 9.17) is 15.9 Å². The van der Waals surface area contributed by atoms with Crippen LogP contribution in [0.1, 0.15) is 5.56 Å². The molecule has 3 aromatic rings. The lowest BCUT2D eigenvalue weighted by atomic mass is 10.1. The minimum absolute atomic E-state index is 0.0202. The zero-order chi connectivity index (χ0) is 12.2. The molecule has 3 rings (SSSR count). The van der Waals surface area contributed by atoms with Crippen LogP contribution in [0.15, 0.2) is 28.7 Å². The van der Waals surface area contributed by atoms with E-state index in [1.807, 2.05) is 19.1 Å². The van der Waals surface area contributed by atoms with Crippen LogP contribution < -0.4 is 11.5 Å². The first-order chi connectivity index (χ1) is 8.09. The SMILES string of the molecule is Cc1ccc2c(oc3c(N)c(O)ccc32)c1N. The fourth-order valence-electron chi connectivity index (χ4n) is 2.03. The van der Waals surface area contributed by atoms with Crippen molar-refractivity contribution >= 4 is 33.3 Å². The van der Waals surface area contributed by atoms with Gasteiger partial charge in [0.1, 0.15) is 11.4 Å². The summed E-state index contributed by atoms with van der Waals surface area (Å²) in [5, 5.41) is 11.3. The molecule has 2 aromatic carbocycles. The van der Waals surface area contributed by atoms with Crippen molar-refractivity contribution in [2.24, 2.45) is 0 Å². The highest BCUT2D eigenvalue weighted by Crippen LogP contribution is 2.39. The summed E-state index contributed by atoms with van der Waals surface area (Å²) in [6.45, 7) is 1.92. The van der Waals surface area contributed by atoms with Crippen LogP contribution in [0.25, 0.3) is 21.9 Å². The predicted octanol–water partition coefficient (Wildman–Crippen LogP) is 2.76. The Balaban J connectivity index is 2.58. The van der Waals surface area contributed by atoms with E-state index in [0.717, 1.165) is 16.3 Å². The molecule has 1 heterocycles. The van der Waals surface area contributed by atoms with Crippen molar-refractivity contribution in [3.05, 3.63) is 29.8 Å². The number of rotatable bonds is 0. The molecule has 0 aliphatic rings. The van der Waals surface area contributed by atoms with Crippen LogP contribution in [0.2, 0.25) is 0 Å².